The van der Waals surface area contributed by atoms with Gasteiger partial charge in [0, 0.05) is 10.8 Å². The molecule has 0 saturated carbocycles. The first kappa shape index (κ1) is 8.56. The van der Waals surface area contributed by atoms with Crippen LogP contribution in [0.1, 0.15) is 0 Å². The standard InChI is InChI=1S/C12H9NOS/c13-12-10-8(6-15-12)5-7-3-1-2-4-9(7)11(10)14/h1-6,14H,13H2. The maximum absolute atomic E-state index is 10.1. The Kier molecular flexibility index (Phi) is 1.64. The highest BCUT2D eigenvalue weighted by atomic mass is 32.1. The Morgan fingerprint density at radius 1 is 1.13 bits per heavy atom. The molecule has 0 bridgehead atoms. The fraction of sp³-hybridized carbons (Fsp3) is 0. The van der Waals surface area contributed by atoms with Crippen molar-refractivity contribution >= 4 is 37.9 Å². The van der Waals surface area contributed by atoms with Gasteiger partial charge >= 0.3 is 0 Å². The van der Waals surface area contributed by atoms with E-state index in [1.165, 1.54) is 11.3 Å². The summed E-state index contributed by atoms with van der Waals surface area (Å²) in [5, 5.41) is 16.4. The Morgan fingerprint density at radius 3 is 2.80 bits per heavy atom. The predicted octanol–water partition coefficient (Wildman–Crippen LogP) is 3.34. The number of phenols is 1. The van der Waals surface area contributed by atoms with Crippen LogP contribution in [-0.2, 0) is 0 Å². The fourth-order valence-electron chi connectivity index (χ4n) is 1.89. The summed E-state index contributed by atoms with van der Waals surface area (Å²) >= 11 is 1.46. The third-order valence-electron chi connectivity index (χ3n) is 2.61. The van der Waals surface area contributed by atoms with Crippen LogP contribution in [0.4, 0.5) is 5.00 Å². The lowest BCUT2D eigenvalue weighted by Crippen LogP contribution is -1.81. The molecular formula is C12H9NOS. The summed E-state index contributed by atoms with van der Waals surface area (Å²) in [6, 6.07) is 9.82. The molecule has 3 rings (SSSR count). The van der Waals surface area contributed by atoms with Gasteiger partial charge in [-0.3, -0.25) is 0 Å². The number of thiophene rings is 1. The van der Waals surface area contributed by atoms with Gasteiger partial charge in [0.25, 0.3) is 0 Å². The third-order valence-corrected chi connectivity index (χ3v) is 3.44. The molecule has 0 aliphatic rings. The molecule has 0 fully saturated rings. The summed E-state index contributed by atoms with van der Waals surface area (Å²) in [4.78, 5) is 0. The molecule has 74 valence electrons. The number of hydrogen-bond donors (Lipinski definition) is 2. The van der Waals surface area contributed by atoms with Gasteiger partial charge in [0.2, 0.25) is 0 Å². The SMILES string of the molecule is Nc1scc2cc3ccccc3c(O)c12. The molecule has 0 unspecified atom stereocenters. The predicted molar refractivity (Wildman–Crippen MR) is 65.4 cm³/mol. The molecule has 0 atom stereocenters. The second-order valence-electron chi connectivity index (χ2n) is 3.51. The Balaban J connectivity index is 2.62. The minimum atomic E-state index is 0.293. The molecule has 0 radical (unpaired) electrons. The van der Waals surface area contributed by atoms with Crippen LogP contribution in [0.5, 0.6) is 5.75 Å². The van der Waals surface area contributed by atoms with Gasteiger partial charge in [-0.1, -0.05) is 24.3 Å². The molecule has 2 aromatic carbocycles. The lowest BCUT2D eigenvalue weighted by Gasteiger charge is -2.03. The molecule has 0 aliphatic carbocycles. The topological polar surface area (TPSA) is 46.2 Å². The summed E-state index contributed by atoms with van der Waals surface area (Å²) in [5.74, 6) is 0.293. The van der Waals surface area contributed by atoms with Crippen LogP contribution in [0.25, 0.3) is 21.5 Å². The van der Waals surface area contributed by atoms with Gasteiger partial charge < -0.3 is 10.8 Å². The average molecular weight is 215 g/mol. The number of fused-ring (bicyclic) bond motifs is 2. The van der Waals surface area contributed by atoms with E-state index in [1.807, 2.05) is 29.6 Å². The van der Waals surface area contributed by atoms with Crippen molar-refractivity contribution < 1.29 is 5.11 Å². The van der Waals surface area contributed by atoms with Gasteiger partial charge in [0.05, 0.1) is 10.4 Å². The first-order chi connectivity index (χ1) is 7.27. The van der Waals surface area contributed by atoms with Crippen LogP contribution >= 0.6 is 11.3 Å². The molecule has 3 N–H and O–H groups in total. The van der Waals surface area contributed by atoms with Gasteiger partial charge in [0.15, 0.2) is 0 Å². The monoisotopic (exact) mass is 215 g/mol. The number of nitrogen functional groups attached to an aromatic ring is 1. The van der Waals surface area contributed by atoms with E-state index in [9.17, 15) is 5.11 Å². The zero-order valence-corrected chi connectivity index (χ0v) is 8.71. The fourth-order valence-corrected chi connectivity index (χ4v) is 2.66. The number of phenolic OH excluding ortho intramolecular Hbond substituents is 1. The molecular weight excluding hydrogens is 206 g/mol. The molecule has 1 aromatic heterocycles. The van der Waals surface area contributed by atoms with Crippen molar-refractivity contribution in [2.45, 2.75) is 0 Å². The van der Waals surface area contributed by atoms with Crippen LogP contribution in [0, 0.1) is 0 Å². The van der Waals surface area contributed by atoms with Gasteiger partial charge in [-0.25, -0.2) is 0 Å². The highest BCUT2D eigenvalue weighted by molar-refractivity contribution is 7.15. The summed E-state index contributed by atoms with van der Waals surface area (Å²) in [7, 11) is 0. The quantitative estimate of drug-likeness (QED) is 0.604. The van der Waals surface area contributed by atoms with E-state index < -0.39 is 0 Å². The Morgan fingerprint density at radius 2 is 1.93 bits per heavy atom. The lowest BCUT2D eigenvalue weighted by atomic mass is 10.1. The van der Waals surface area contributed by atoms with E-state index >= 15 is 0 Å². The summed E-state index contributed by atoms with van der Waals surface area (Å²) in [5.41, 5.74) is 5.83. The van der Waals surface area contributed by atoms with E-state index in [0.29, 0.717) is 10.8 Å². The maximum Gasteiger partial charge on any atom is 0.134 e. The third kappa shape index (κ3) is 1.10. The maximum atomic E-state index is 10.1. The van der Waals surface area contributed by atoms with Crippen molar-refractivity contribution in [2.24, 2.45) is 0 Å². The molecule has 0 amide bonds. The molecule has 3 heteroatoms. The van der Waals surface area contributed by atoms with Crippen molar-refractivity contribution in [2.75, 3.05) is 5.73 Å². The van der Waals surface area contributed by atoms with Crippen molar-refractivity contribution in [3.8, 4) is 5.75 Å². The number of benzene rings is 2. The summed E-state index contributed by atoms with van der Waals surface area (Å²) in [6.07, 6.45) is 0. The zero-order valence-electron chi connectivity index (χ0n) is 7.90. The Labute approximate surface area is 90.6 Å². The molecule has 15 heavy (non-hydrogen) atoms. The van der Waals surface area contributed by atoms with Crippen LogP contribution in [0.3, 0.4) is 0 Å². The highest BCUT2D eigenvalue weighted by Crippen LogP contribution is 2.40. The number of hydrogen-bond acceptors (Lipinski definition) is 3. The Hall–Kier alpha value is -1.74. The van der Waals surface area contributed by atoms with Gasteiger partial charge in [0.1, 0.15) is 5.75 Å². The second kappa shape index (κ2) is 2.87. The van der Waals surface area contributed by atoms with Crippen LogP contribution < -0.4 is 5.73 Å². The van der Waals surface area contributed by atoms with Crippen molar-refractivity contribution in [1.82, 2.24) is 0 Å². The van der Waals surface area contributed by atoms with Crippen LogP contribution in [0.15, 0.2) is 35.7 Å². The number of aromatic hydroxyl groups is 1. The highest BCUT2D eigenvalue weighted by Gasteiger charge is 2.09. The van der Waals surface area contributed by atoms with Crippen molar-refractivity contribution in [1.29, 1.82) is 0 Å². The second-order valence-corrected chi connectivity index (χ2v) is 4.42. The van der Waals surface area contributed by atoms with Gasteiger partial charge in [-0.15, -0.1) is 11.3 Å². The first-order valence-corrected chi connectivity index (χ1v) is 5.53. The molecule has 3 aromatic rings. The largest absolute Gasteiger partial charge is 0.507 e. The van der Waals surface area contributed by atoms with E-state index in [-0.39, 0.29) is 0 Å². The van der Waals surface area contributed by atoms with Crippen LogP contribution in [0.2, 0.25) is 0 Å². The minimum Gasteiger partial charge on any atom is -0.507 e. The zero-order chi connectivity index (χ0) is 10.4. The van der Waals surface area contributed by atoms with E-state index in [4.69, 9.17) is 5.73 Å². The molecule has 0 aliphatic heterocycles. The Bertz CT molecular complexity index is 657. The molecule has 2 nitrogen and oxygen atoms in total. The van der Waals surface area contributed by atoms with E-state index in [1.54, 1.807) is 0 Å². The van der Waals surface area contributed by atoms with Gasteiger partial charge in [-0.05, 0) is 16.8 Å². The van der Waals surface area contributed by atoms with Crippen molar-refractivity contribution in [3.05, 3.63) is 35.7 Å². The van der Waals surface area contributed by atoms with Gasteiger partial charge in [-0.2, -0.15) is 0 Å². The van der Waals surface area contributed by atoms with E-state index in [2.05, 4.69) is 6.07 Å². The smallest absolute Gasteiger partial charge is 0.134 e. The minimum absolute atomic E-state index is 0.293. The molecule has 0 spiro atoms. The normalized spacial score (nSPS) is 11.2. The number of anilines is 1. The van der Waals surface area contributed by atoms with Crippen LogP contribution in [-0.4, -0.2) is 5.11 Å². The first-order valence-electron chi connectivity index (χ1n) is 4.65. The molecule has 1 heterocycles. The molecule has 0 saturated heterocycles. The summed E-state index contributed by atoms with van der Waals surface area (Å²) < 4.78 is 0. The average Bonchev–Trinajstić information content (AvgIpc) is 2.61. The van der Waals surface area contributed by atoms with E-state index in [0.717, 1.165) is 21.5 Å². The summed E-state index contributed by atoms with van der Waals surface area (Å²) in [6.45, 7) is 0. The number of nitrogens with two attached hydrogens (primary N) is 1. The van der Waals surface area contributed by atoms with Crippen molar-refractivity contribution in [3.63, 3.8) is 0 Å². The lowest BCUT2D eigenvalue weighted by molar-refractivity contribution is 0.488. The number of rotatable bonds is 0.